The number of imidazole rings is 2. The van der Waals surface area contributed by atoms with Crippen molar-refractivity contribution in [1.82, 2.24) is 24.1 Å². The summed E-state index contributed by atoms with van der Waals surface area (Å²) in [6, 6.07) is 9.84. The molecule has 160 valence electrons. The van der Waals surface area contributed by atoms with E-state index in [-0.39, 0.29) is 5.15 Å². The van der Waals surface area contributed by atoms with Crippen molar-refractivity contribution < 1.29 is 0 Å². The fourth-order valence-electron chi connectivity index (χ4n) is 4.07. The minimum atomic E-state index is 0.272. The van der Waals surface area contributed by atoms with Crippen LogP contribution in [-0.4, -0.2) is 30.2 Å². The highest BCUT2D eigenvalue weighted by atomic mass is 35.5. The van der Waals surface area contributed by atoms with Gasteiger partial charge in [-0.15, -0.1) is 5.10 Å². The van der Waals surface area contributed by atoms with Crippen LogP contribution >= 0.6 is 23.2 Å². The van der Waals surface area contributed by atoms with Crippen LogP contribution in [-0.2, 0) is 0 Å². The van der Waals surface area contributed by atoms with Crippen LogP contribution in [0.5, 0.6) is 0 Å². The van der Waals surface area contributed by atoms with Crippen molar-refractivity contribution in [3.63, 3.8) is 0 Å². The van der Waals surface area contributed by atoms with E-state index < -0.39 is 0 Å². The highest BCUT2D eigenvalue weighted by Crippen LogP contribution is 2.33. The quantitative estimate of drug-likeness (QED) is 0.415. The van der Waals surface area contributed by atoms with Gasteiger partial charge in [0.15, 0.2) is 16.0 Å². The summed E-state index contributed by atoms with van der Waals surface area (Å²) < 4.78 is 3.47. The molecule has 1 saturated carbocycles. The molecule has 10 heteroatoms. The Morgan fingerprint density at radius 2 is 1.81 bits per heavy atom. The molecule has 0 bridgehead atoms. The number of aromatic nitrogens is 5. The van der Waals surface area contributed by atoms with E-state index >= 15 is 0 Å². The minimum Gasteiger partial charge on any atom is -0.382 e. The van der Waals surface area contributed by atoms with E-state index in [0.717, 1.165) is 54.1 Å². The lowest BCUT2D eigenvalue weighted by Crippen LogP contribution is -2.25. The minimum absolute atomic E-state index is 0.272. The molecule has 31 heavy (non-hydrogen) atoms. The molecule has 1 aromatic carbocycles. The molecule has 0 atom stereocenters. The zero-order valence-corrected chi connectivity index (χ0v) is 18.2. The molecule has 1 fully saturated rings. The maximum atomic E-state index is 6.18. The van der Waals surface area contributed by atoms with Gasteiger partial charge in [0.1, 0.15) is 12.1 Å². The van der Waals surface area contributed by atoms with Crippen molar-refractivity contribution in [2.75, 3.05) is 11.1 Å². The van der Waals surface area contributed by atoms with Crippen LogP contribution in [0.15, 0.2) is 42.9 Å². The number of fused-ring (bicyclic) bond motifs is 1. The molecule has 0 radical (unpaired) electrons. The number of hydrogen-bond donors (Lipinski definition) is 3. The molecule has 0 aliphatic heterocycles. The van der Waals surface area contributed by atoms with Gasteiger partial charge < -0.3 is 16.8 Å². The fourth-order valence-corrected chi connectivity index (χ4v) is 4.40. The second-order valence-corrected chi connectivity index (χ2v) is 8.61. The topological polar surface area (TPSA) is 112 Å². The van der Waals surface area contributed by atoms with E-state index in [9.17, 15) is 0 Å². The summed E-state index contributed by atoms with van der Waals surface area (Å²) in [7, 11) is 0. The average molecular weight is 457 g/mol. The third-order valence-corrected chi connectivity index (χ3v) is 6.48. The van der Waals surface area contributed by atoms with Crippen molar-refractivity contribution >= 4 is 46.0 Å². The first kappa shape index (κ1) is 20.1. The van der Waals surface area contributed by atoms with E-state index in [2.05, 4.69) is 15.4 Å². The highest BCUT2D eigenvalue weighted by molar-refractivity contribution is 6.40. The van der Waals surface area contributed by atoms with Gasteiger partial charge in [-0.1, -0.05) is 23.2 Å². The van der Waals surface area contributed by atoms with Crippen LogP contribution < -0.4 is 16.8 Å². The van der Waals surface area contributed by atoms with Gasteiger partial charge in [-0.2, -0.15) is 0 Å². The van der Waals surface area contributed by atoms with Crippen molar-refractivity contribution in [3.05, 3.63) is 58.9 Å². The molecule has 1 aliphatic carbocycles. The second kappa shape index (κ2) is 8.03. The molecule has 3 aromatic heterocycles. The number of halogens is 2. The summed E-state index contributed by atoms with van der Waals surface area (Å²) in [5, 5.41) is 8.45. The van der Waals surface area contributed by atoms with Gasteiger partial charge in [-0.05, 0) is 49.9 Å². The monoisotopic (exact) mass is 456 g/mol. The highest BCUT2D eigenvalue weighted by Gasteiger charge is 2.23. The molecule has 0 spiro atoms. The lowest BCUT2D eigenvalue weighted by atomic mass is 9.85. The summed E-state index contributed by atoms with van der Waals surface area (Å²) in [4.78, 5) is 8.89. The number of anilines is 3. The predicted molar refractivity (Wildman–Crippen MR) is 123 cm³/mol. The van der Waals surface area contributed by atoms with Crippen molar-refractivity contribution in [1.29, 1.82) is 0 Å². The van der Waals surface area contributed by atoms with E-state index in [0.29, 0.717) is 22.9 Å². The molecule has 8 nitrogen and oxygen atoms in total. The summed E-state index contributed by atoms with van der Waals surface area (Å²) >= 11 is 12.1. The van der Waals surface area contributed by atoms with Gasteiger partial charge in [-0.25, -0.2) is 14.5 Å². The van der Waals surface area contributed by atoms with Crippen molar-refractivity contribution in [2.24, 2.45) is 5.73 Å². The number of benzene rings is 1. The van der Waals surface area contributed by atoms with Crippen LogP contribution in [0.2, 0.25) is 10.3 Å². The standard InChI is InChI=1S/C21H22Cl2N8/c22-19-20(23)30(11-26-19)15-7-5-14(6-8-15)27-16-9-18(25)29-31-10-17(28-21(16)31)12-1-3-13(24)4-2-12/h5-13,27H,1-4,24H2,(H2,25,29)/t12-,13-. The fraction of sp³-hybridized carbons (Fsp3) is 0.286. The first-order valence-corrected chi connectivity index (χ1v) is 10.9. The maximum absolute atomic E-state index is 6.18. The Kier molecular flexibility index (Phi) is 5.21. The van der Waals surface area contributed by atoms with Crippen LogP contribution in [0, 0.1) is 0 Å². The van der Waals surface area contributed by atoms with Crippen LogP contribution in [0.25, 0.3) is 11.3 Å². The third kappa shape index (κ3) is 3.94. The smallest absolute Gasteiger partial charge is 0.177 e. The van der Waals surface area contributed by atoms with Gasteiger partial charge in [0.25, 0.3) is 0 Å². The molecule has 0 saturated heterocycles. The molecule has 0 amide bonds. The predicted octanol–water partition coefficient (Wildman–Crippen LogP) is 4.53. The average Bonchev–Trinajstić information content (AvgIpc) is 3.33. The van der Waals surface area contributed by atoms with Gasteiger partial charge in [-0.3, -0.25) is 4.57 Å². The molecular weight excluding hydrogens is 435 g/mol. The molecule has 5 N–H and O–H groups in total. The third-order valence-electron chi connectivity index (χ3n) is 5.75. The Labute approximate surface area is 189 Å². The van der Waals surface area contributed by atoms with Gasteiger partial charge in [0.2, 0.25) is 0 Å². The lowest BCUT2D eigenvalue weighted by Gasteiger charge is -2.24. The van der Waals surface area contributed by atoms with Gasteiger partial charge in [0, 0.05) is 29.4 Å². The SMILES string of the molecule is Nc1cc(Nc2ccc(-n3cnc(Cl)c3Cl)cc2)c2nc([C@H]3CC[C@H](N)CC3)cn2n1. The molecular formula is C21H22Cl2N8. The van der Waals surface area contributed by atoms with Gasteiger partial charge >= 0.3 is 0 Å². The Hall–Kier alpha value is -2.81. The van der Waals surface area contributed by atoms with Crippen LogP contribution in [0.3, 0.4) is 0 Å². The van der Waals surface area contributed by atoms with Crippen molar-refractivity contribution in [3.8, 4) is 5.69 Å². The van der Waals surface area contributed by atoms with Crippen molar-refractivity contribution in [2.45, 2.75) is 37.6 Å². The first-order valence-electron chi connectivity index (χ1n) is 10.1. The number of nitrogens with zero attached hydrogens (tertiary/aromatic N) is 5. The Morgan fingerprint density at radius 3 is 2.48 bits per heavy atom. The second-order valence-electron chi connectivity index (χ2n) is 7.90. The largest absolute Gasteiger partial charge is 0.382 e. The molecule has 0 unspecified atom stereocenters. The molecule has 1 aliphatic rings. The van der Waals surface area contributed by atoms with Crippen LogP contribution in [0.4, 0.5) is 17.2 Å². The number of nitrogens with two attached hydrogens (primary N) is 2. The van der Waals surface area contributed by atoms with E-state index in [1.54, 1.807) is 21.5 Å². The zero-order valence-electron chi connectivity index (χ0n) is 16.7. The van der Waals surface area contributed by atoms with Gasteiger partial charge in [0.05, 0.1) is 17.6 Å². The number of rotatable bonds is 4. The Bertz CT molecular complexity index is 1220. The maximum Gasteiger partial charge on any atom is 0.177 e. The number of nitrogen functional groups attached to an aromatic ring is 1. The first-order chi connectivity index (χ1) is 15.0. The summed E-state index contributed by atoms with van der Waals surface area (Å²) in [6.07, 6.45) is 7.71. The molecule has 3 heterocycles. The molecule has 5 rings (SSSR count). The van der Waals surface area contributed by atoms with Crippen LogP contribution in [0.1, 0.15) is 37.3 Å². The number of nitrogens with one attached hydrogen (secondary N) is 1. The van der Waals surface area contributed by atoms with E-state index in [1.807, 2.05) is 30.5 Å². The zero-order chi connectivity index (χ0) is 21.5. The Morgan fingerprint density at radius 1 is 1.06 bits per heavy atom. The lowest BCUT2D eigenvalue weighted by molar-refractivity contribution is 0.391. The Balaban J connectivity index is 1.42. The van der Waals surface area contributed by atoms with E-state index in [1.165, 1.54) is 0 Å². The normalized spacial score (nSPS) is 19.1. The summed E-state index contributed by atoms with van der Waals surface area (Å²) in [5.41, 5.74) is 16.4. The number of hydrogen-bond acceptors (Lipinski definition) is 6. The molecule has 4 aromatic rings. The van der Waals surface area contributed by atoms with E-state index in [4.69, 9.17) is 39.7 Å². The summed E-state index contributed by atoms with van der Waals surface area (Å²) in [5.74, 6) is 0.822. The summed E-state index contributed by atoms with van der Waals surface area (Å²) in [6.45, 7) is 0.